The molecule has 0 unspecified atom stereocenters. The molecule has 1 aromatic carbocycles. The van der Waals surface area contributed by atoms with Crippen LogP contribution in [0.15, 0.2) is 34.3 Å². The van der Waals surface area contributed by atoms with Gasteiger partial charge in [-0.1, -0.05) is 42.1 Å². The van der Waals surface area contributed by atoms with Crippen LogP contribution in [0.4, 0.5) is 5.69 Å². The number of nitrogens with one attached hydrogen (secondary N) is 1. The van der Waals surface area contributed by atoms with Gasteiger partial charge in [-0.25, -0.2) is 13.1 Å². The van der Waals surface area contributed by atoms with E-state index in [4.69, 9.17) is 5.26 Å². The van der Waals surface area contributed by atoms with Crippen molar-refractivity contribution in [3.05, 3.63) is 29.5 Å². The number of carbonyl (C=O) groups excluding carboxylic acids is 1. The first-order chi connectivity index (χ1) is 11.9. The number of nitriles is 1. The van der Waals surface area contributed by atoms with Crippen LogP contribution in [0.25, 0.3) is 0 Å². The summed E-state index contributed by atoms with van der Waals surface area (Å²) in [5, 5.41) is 22.6. The highest BCUT2D eigenvalue weighted by Gasteiger charge is 2.24. The summed E-state index contributed by atoms with van der Waals surface area (Å²) >= 11 is 0. The van der Waals surface area contributed by atoms with E-state index in [2.05, 4.69) is 9.84 Å². The monoisotopic (exact) mass is 364 g/mol. The zero-order valence-electron chi connectivity index (χ0n) is 13.7. The molecule has 0 atom stereocenters. The molecule has 134 valence electrons. The Morgan fingerprint density at radius 3 is 2.28 bits per heavy atom. The molecule has 9 heteroatoms. The number of benzene rings is 1. The first kappa shape index (κ1) is 18.9. The van der Waals surface area contributed by atoms with Crippen molar-refractivity contribution in [3.63, 3.8) is 0 Å². The fraction of sp³-hybridized carbons (Fsp3) is 0.500. The molecule has 0 aliphatic heterocycles. The van der Waals surface area contributed by atoms with Gasteiger partial charge in [-0.05, 0) is 37.1 Å². The van der Waals surface area contributed by atoms with Gasteiger partial charge in [-0.2, -0.15) is 0 Å². The van der Waals surface area contributed by atoms with Crippen molar-refractivity contribution in [2.75, 3.05) is 0 Å². The molecule has 1 aromatic rings. The number of carbonyl (C=O) groups is 1. The minimum absolute atomic E-state index is 0.0972. The van der Waals surface area contributed by atoms with Crippen molar-refractivity contribution in [3.8, 4) is 6.19 Å². The SMILES string of the molecule is N#C/[N+]([O-])=N/c1ccc(S(=O)(=O)NC(=O)C2CCCCCCC2)cc1. The van der Waals surface area contributed by atoms with Crippen LogP contribution < -0.4 is 4.72 Å². The maximum Gasteiger partial charge on any atom is 0.485 e. The van der Waals surface area contributed by atoms with Gasteiger partial charge in [0.05, 0.1) is 4.90 Å². The highest BCUT2D eigenvalue weighted by atomic mass is 32.2. The second-order valence-electron chi connectivity index (χ2n) is 5.98. The van der Waals surface area contributed by atoms with Crippen LogP contribution in [0.5, 0.6) is 0 Å². The van der Waals surface area contributed by atoms with Crippen molar-refractivity contribution < 1.29 is 18.1 Å². The summed E-state index contributed by atoms with van der Waals surface area (Å²) in [6.07, 6.45) is 7.83. The Morgan fingerprint density at radius 2 is 1.72 bits per heavy atom. The molecule has 1 aliphatic rings. The molecule has 0 radical (unpaired) electrons. The number of amides is 1. The van der Waals surface area contributed by atoms with E-state index in [-0.39, 0.29) is 21.4 Å². The fourth-order valence-corrected chi connectivity index (χ4v) is 3.86. The highest BCUT2D eigenvalue weighted by molar-refractivity contribution is 7.90. The molecule has 1 amide bonds. The second-order valence-corrected chi connectivity index (χ2v) is 7.66. The predicted molar refractivity (Wildman–Crippen MR) is 88.9 cm³/mol. The predicted octanol–water partition coefficient (Wildman–Crippen LogP) is 2.93. The molecule has 1 aliphatic carbocycles. The summed E-state index contributed by atoms with van der Waals surface area (Å²) in [7, 11) is -3.98. The zero-order valence-corrected chi connectivity index (χ0v) is 14.5. The van der Waals surface area contributed by atoms with E-state index < -0.39 is 15.9 Å². The van der Waals surface area contributed by atoms with E-state index >= 15 is 0 Å². The van der Waals surface area contributed by atoms with Gasteiger partial charge >= 0.3 is 6.19 Å². The number of nitrogens with zero attached hydrogens (tertiary/aromatic N) is 3. The molecule has 0 spiro atoms. The first-order valence-corrected chi connectivity index (χ1v) is 9.66. The molecule has 8 nitrogen and oxygen atoms in total. The summed E-state index contributed by atoms with van der Waals surface area (Å²) in [6, 6.07) is 5.05. The average molecular weight is 364 g/mol. The molecule has 2 rings (SSSR count). The summed E-state index contributed by atoms with van der Waals surface area (Å²) in [6.45, 7) is 0. The van der Waals surface area contributed by atoms with Crippen LogP contribution >= 0.6 is 0 Å². The maximum atomic E-state index is 12.3. The second kappa shape index (κ2) is 8.58. The third-order valence-electron chi connectivity index (χ3n) is 4.15. The molecule has 1 N–H and O–H groups in total. The van der Waals surface area contributed by atoms with E-state index in [1.165, 1.54) is 30.5 Å². The number of azo groups is 1. The smallest absolute Gasteiger partial charge is 0.485 e. The molecule has 0 saturated heterocycles. The van der Waals surface area contributed by atoms with Crippen molar-refractivity contribution in [1.29, 1.82) is 5.26 Å². The van der Waals surface area contributed by atoms with E-state index in [0.717, 1.165) is 32.1 Å². The lowest BCUT2D eigenvalue weighted by molar-refractivity contribution is -0.433. The van der Waals surface area contributed by atoms with Gasteiger partial charge in [-0.15, -0.1) is 0 Å². The summed E-state index contributed by atoms with van der Waals surface area (Å²) in [5.74, 6) is -0.750. The van der Waals surface area contributed by atoms with Gasteiger partial charge in [0.2, 0.25) is 5.91 Å². The first-order valence-electron chi connectivity index (χ1n) is 8.18. The lowest BCUT2D eigenvalue weighted by atomic mass is 9.91. The topological polar surface area (TPSA) is 125 Å². The van der Waals surface area contributed by atoms with Crippen molar-refractivity contribution in [2.45, 2.75) is 49.8 Å². The van der Waals surface area contributed by atoms with Gasteiger partial charge < -0.3 is 5.21 Å². The van der Waals surface area contributed by atoms with Crippen LogP contribution in [0.2, 0.25) is 0 Å². The minimum atomic E-state index is -3.98. The minimum Gasteiger partial charge on any atom is -0.682 e. The summed E-state index contributed by atoms with van der Waals surface area (Å²) < 4.78 is 26.8. The lowest BCUT2D eigenvalue weighted by Gasteiger charge is -2.19. The summed E-state index contributed by atoms with van der Waals surface area (Å²) in [4.78, 5) is 12.0. The number of hydrogen-bond acceptors (Lipinski definition) is 6. The van der Waals surface area contributed by atoms with E-state index in [1.54, 1.807) is 0 Å². The Bertz CT molecular complexity index is 773. The van der Waals surface area contributed by atoms with E-state index in [9.17, 15) is 18.4 Å². The molecule has 0 bridgehead atoms. The zero-order chi connectivity index (χ0) is 18.3. The van der Waals surface area contributed by atoms with Crippen molar-refractivity contribution in [2.24, 2.45) is 11.0 Å². The van der Waals surface area contributed by atoms with Gasteiger partial charge in [0.25, 0.3) is 10.0 Å². The normalized spacial score (nSPS) is 17.2. The molecule has 25 heavy (non-hydrogen) atoms. The highest BCUT2D eigenvalue weighted by Crippen LogP contribution is 2.23. The maximum absolute atomic E-state index is 12.3. The van der Waals surface area contributed by atoms with Gasteiger partial charge in [-0.3, -0.25) is 4.79 Å². The molecular formula is C16H20N4O4S. The van der Waals surface area contributed by atoms with Crippen molar-refractivity contribution in [1.82, 2.24) is 4.72 Å². The molecule has 0 aromatic heterocycles. The van der Waals surface area contributed by atoms with Gasteiger partial charge in [0.1, 0.15) is 5.69 Å². The Hall–Kier alpha value is -2.47. The Balaban J connectivity index is 2.07. The standard InChI is InChI=1S/C16H20N4O4S/c17-12-20(22)18-14-8-10-15(11-9-14)25(23,24)19-16(21)13-6-4-2-1-3-5-7-13/h8-11,13H,1-7H2,(H,19,21)/b20-18-. The van der Waals surface area contributed by atoms with Crippen LogP contribution in [0.3, 0.4) is 0 Å². The van der Waals surface area contributed by atoms with Crippen molar-refractivity contribution >= 4 is 21.6 Å². The number of hydroxylamine groups is 1. The fourth-order valence-electron chi connectivity index (χ4n) is 2.81. The Labute approximate surface area is 146 Å². The third kappa shape index (κ3) is 5.53. The molecular weight excluding hydrogens is 344 g/mol. The lowest BCUT2D eigenvalue weighted by Crippen LogP contribution is -2.36. The number of rotatable bonds is 4. The van der Waals surface area contributed by atoms with E-state index in [1.807, 2.05) is 0 Å². The van der Waals surface area contributed by atoms with Gasteiger partial charge in [0, 0.05) is 5.92 Å². The quantitative estimate of drug-likeness (QED) is 0.289. The van der Waals surface area contributed by atoms with Crippen LogP contribution in [0, 0.1) is 22.6 Å². The molecule has 1 fully saturated rings. The van der Waals surface area contributed by atoms with Crippen LogP contribution in [-0.2, 0) is 14.8 Å². The third-order valence-corrected chi connectivity index (χ3v) is 5.51. The average Bonchev–Trinajstić information content (AvgIpc) is 2.54. The Kier molecular flexibility index (Phi) is 6.47. The largest absolute Gasteiger partial charge is 0.682 e. The van der Waals surface area contributed by atoms with Gasteiger partial charge in [0.15, 0.2) is 5.26 Å². The molecule has 1 saturated carbocycles. The summed E-state index contributed by atoms with van der Waals surface area (Å²) in [5.41, 5.74) is 0.141. The molecule has 0 heterocycles. The number of hydrogen-bond donors (Lipinski definition) is 1. The number of sulfonamides is 1. The van der Waals surface area contributed by atoms with Crippen LogP contribution in [0.1, 0.15) is 44.9 Å². The van der Waals surface area contributed by atoms with E-state index in [0.29, 0.717) is 12.8 Å². The van der Waals surface area contributed by atoms with Crippen LogP contribution in [-0.4, -0.2) is 19.2 Å². The Morgan fingerprint density at radius 1 is 1.16 bits per heavy atom.